The first-order chi connectivity index (χ1) is 7.90. The largest absolute Gasteiger partial charge is 0.616 e. The first kappa shape index (κ1) is 13.7. The van der Waals surface area contributed by atoms with E-state index in [2.05, 4.69) is 5.32 Å². The number of amides is 1. The van der Waals surface area contributed by atoms with Gasteiger partial charge in [0.05, 0.1) is 12.3 Å². The summed E-state index contributed by atoms with van der Waals surface area (Å²) in [6.07, 6.45) is 0.514. The quantitative estimate of drug-likeness (QED) is 0.561. The van der Waals surface area contributed by atoms with E-state index in [9.17, 15) is 9.35 Å². The minimum absolute atomic E-state index is 0.355. The average Bonchev–Trinajstić information content (AvgIpc) is 2.15. The molecule has 1 unspecified atom stereocenters. The third-order valence-electron chi connectivity index (χ3n) is 2.33. The third-order valence-corrected chi connectivity index (χ3v) is 3.05. The molecule has 1 aromatic carbocycles. The number of anilines is 1. The number of nitrogen functional groups attached to an aromatic ring is 1. The van der Waals surface area contributed by atoms with Crippen molar-refractivity contribution in [2.45, 2.75) is 18.7 Å². The van der Waals surface area contributed by atoms with Crippen LogP contribution in [0.4, 0.5) is 10.5 Å². The van der Waals surface area contributed by atoms with Gasteiger partial charge in [-0.05, 0) is 24.6 Å². The highest BCUT2D eigenvalue weighted by Crippen LogP contribution is 2.22. The van der Waals surface area contributed by atoms with Gasteiger partial charge in [-0.1, -0.05) is 17.2 Å². The maximum atomic E-state index is 11.3. The topological polar surface area (TPSA) is 98.4 Å². The van der Waals surface area contributed by atoms with Crippen LogP contribution in [0.5, 0.6) is 0 Å². The van der Waals surface area contributed by atoms with Crippen molar-refractivity contribution < 1.29 is 14.5 Å². The molecule has 94 valence electrons. The zero-order chi connectivity index (χ0) is 13.0. The van der Waals surface area contributed by atoms with Crippen molar-refractivity contribution in [2.24, 2.45) is 0 Å². The predicted molar refractivity (Wildman–Crippen MR) is 68.2 cm³/mol. The van der Waals surface area contributed by atoms with Crippen LogP contribution in [-0.2, 0) is 16.9 Å². The minimum atomic E-state index is -1.09. The summed E-state index contributed by atoms with van der Waals surface area (Å²) in [7, 11) is 0. The van der Waals surface area contributed by atoms with Crippen LogP contribution in [-0.4, -0.2) is 22.0 Å². The lowest BCUT2D eigenvalue weighted by Gasteiger charge is -2.17. The minimum Gasteiger partial charge on any atom is -0.616 e. The first-order valence-corrected chi connectivity index (χ1v) is 6.80. The smallest absolute Gasteiger partial charge is 0.405 e. The SMILES string of the molecule is CC(NC(=O)O)c1ccc(N)cc1C[S@+](C)[O-]. The Hall–Kier alpha value is -1.40. The molecule has 1 rings (SSSR count). The van der Waals surface area contributed by atoms with Crippen LogP contribution >= 0.6 is 0 Å². The highest BCUT2D eigenvalue weighted by Gasteiger charge is 2.15. The fraction of sp³-hybridized carbons (Fsp3) is 0.364. The molecule has 0 saturated carbocycles. The van der Waals surface area contributed by atoms with Crippen LogP contribution in [0.2, 0.25) is 0 Å². The molecule has 0 aliphatic rings. The molecule has 0 heterocycles. The molecule has 2 atom stereocenters. The van der Waals surface area contributed by atoms with Crippen molar-refractivity contribution >= 4 is 23.0 Å². The Labute approximate surface area is 103 Å². The van der Waals surface area contributed by atoms with Gasteiger partial charge in [0.2, 0.25) is 0 Å². The fourth-order valence-corrected chi connectivity index (χ4v) is 2.34. The van der Waals surface area contributed by atoms with Gasteiger partial charge >= 0.3 is 6.09 Å². The van der Waals surface area contributed by atoms with E-state index in [1.807, 2.05) is 0 Å². The highest BCUT2D eigenvalue weighted by atomic mass is 32.2. The van der Waals surface area contributed by atoms with E-state index in [1.54, 1.807) is 31.4 Å². The molecule has 1 aromatic rings. The Bertz CT molecular complexity index is 410. The van der Waals surface area contributed by atoms with Gasteiger partial charge in [-0.3, -0.25) is 0 Å². The van der Waals surface area contributed by atoms with Crippen LogP contribution in [0, 0.1) is 0 Å². The number of hydrogen-bond acceptors (Lipinski definition) is 3. The normalized spacial score (nSPS) is 14.1. The lowest BCUT2D eigenvalue weighted by molar-refractivity contribution is 0.191. The Morgan fingerprint density at radius 3 is 2.82 bits per heavy atom. The zero-order valence-corrected chi connectivity index (χ0v) is 10.6. The van der Waals surface area contributed by atoms with E-state index < -0.39 is 17.3 Å². The summed E-state index contributed by atoms with van der Waals surface area (Å²) in [5.41, 5.74) is 7.86. The Morgan fingerprint density at radius 1 is 1.65 bits per heavy atom. The Kier molecular flexibility index (Phi) is 4.65. The van der Waals surface area contributed by atoms with Gasteiger partial charge in [-0.25, -0.2) is 4.79 Å². The number of nitrogens with one attached hydrogen (secondary N) is 1. The van der Waals surface area contributed by atoms with Gasteiger partial charge in [0.1, 0.15) is 5.75 Å². The van der Waals surface area contributed by atoms with Crippen molar-refractivity contribution in [3.8, 4) is 0 Å². The molecule has 0 bridgehead atoms. The Morgan fingerprint density at radius 2 is 2.29 bits per heavy atom. The number of carbonyl (C=O) groups is 1. The summed E-state index contributed by atoms with van der Waals surface area (Å²) in [4.78, 5) is 10.6. The third kappa shape index (κ3) is 4.16. The number of benzene rings is 1. The van der Waals surface area contributed by atoms with Crippen LogP contribution in [0.3, 0.4) is 0 Å². The fourth-order valence-electron chi connectivity index (χ4n) is 1.66. The molecule has 0 saturated heterocycles. The van der Waals surface area contributed by atoms with E-state index in [4.69, 9.17) is 10.8 Å². The van der Waals surface area contributed by atoms with Crippen LogP contribution in [0.25, 0.3) is 0 Å². The van der Waals surface area contributed by atoms with E-state index in [0.717, 1.165) is 11.1 Å². The van der Waals surface area contributed by atoms with Gasteiger partial charge in [-0.15, -0.1) is 0 Å². The summed E-state index contributed by atoms with van der Waals surface area (Å²) < 4.78 is 11.3. The van der Waals surface area contributed by atoms with Gasteiger partial charge in [-0.2, -0.15) is 0 Å². The Balaban J connectivity index is 3.00. The monoisotopic (exact) mass is 256 g/mol. The van der Waals surface area contributed by atoms with Crippen LogP contribution < -0.4 is 11.1 Å². The molecule has 5 nitrogen and oxygen atoms in total. The molecular weight excluding hydrogens is 240 g/mol. The molecule has 4 N–H and O–H groups in total. The maximum Gasteiger partial charge on any atom is 0.405 e. The second-order valence-electron chi connectivity index (χ2n) is 3.85. The number of rotatable bonds is 4. The zero-order valence-electron chi connectivity index (χ0n) is 9.77. The molecule has 0 fully saturated rings. The predicted octanol–water partition coefficient (Wildman–Crippen LogP) is 1.48. The molecule has 0 aliphatic heterocycles. The molecule has 1 amide bonds. The molecule has 17 heavy (non-hydrogen) atoms. The average molecular weight is 256 g/mol. The van der Waals surface area contributed by atoms with Gasteiger partial charge in [0, 0.05) is 11.3 Å². The summed E-state index contributed by atoms with van der Waals surface area (Å²) in [6.45, 7) is 1.74. The highest BCUT2D eigenvalue weighted by molar-refractivity contribution is 7.89. The van der Waals surface area contributed by atoms with Crippen molar-refractivity contribution in [1.82, 2.24) is 5.32 Å². The number of hydrogen-bond donors (Lipinski definition) is 3. The summed E-state index contributed by atoms with van der Waals surface area (Å²) in [6, 6.07) is 4.85. The maximum absolute atomic E-state index is 11.3. The van der Waals surface area contributed by atoms with Crippen molar-refractivity contribution in [1.29, 1.82) is 0 Å². The lowest BCUT2D eigenvalue weighted by Crippen LogP contribution is -2.25. The molecule has 0 radical (unpaired) electrons. The molecule has 6 heteroatoms. The number of nitrogens with two attached hydrogens (primary N) is 1. The number of carboxylic acid groups (broad SMARTS) is 1. The van der Waals surface area contributed by atoms with E-state index in [0.29, 0.717) is 11.4 Å². The van der Waals surface area contributed by atoms with E-state index >= 15 is 0 Å². The van der Waals surface area contributed by atoms with Gasteiger partial charge in [0.15, 0.2) is 0 Å². The van der Waals surface area contributed by atoms with Crippen LogP contribution in [0.15, 0.2) is 18.2 Å². The summed E-state index contributed by atoms with van der Waals surface area (Å²) in [5.74, 6) is 0.367. The van der Waals surface area contributed by atoms with Crippen molar-refractivity contribution in [2.75, 3.05) is 12.0 Å². The summed E-state index contributed by atoms with van der Waals surface area (Å²) >= 11 is -0.995. The van der Waals surface area contributed by atoms with E-state index in [1.165, 1.54) is 0 Å². The lowest BCUT2D eigenvalue weighted by atomic mass is 10.0. The van der Waals surface area contributed by atoms with Crippen LogP contribution in [0.1, 0.15) is 24.1 Å². The first-order valence-electron chi connectivity index (χ1n) is 5.08. The van der Waals surface area contributed by atoms with Gasteiger partial charge < -0.3 is 20.7 Å². The molecule has 0 aromatic heterocycles. The summed E-state index contributed by atoms with van der Waals surface area (Å²) in [5, 5.41) is 11.0. The van der Waals surface area contributed by atoms with Crippen molar-refractivity contribution in [3.63, 3.8) is 0 Å². The van der Waals surface area contributed by atoms with Crippen molar-refractivity contribution in [3.05, 3.63) is 29.3 Å². The molecule has 0 spiro atoms. The second-order valence-corrected chi connectivity index (χ2v) is 5.28. The van der Waals surface area contributed by atoms with E-state index in [-0.39, 0.29) is 6.04 Å². The standard InChI is InChI=1S/C11H16N2O3S/c1-7(13-11(14)15)10-4-3-9(12)5-8(10)6-17(2)16/h3-5,7,13H,6,12H2,1-2H3,(H,14,15)/t7?,17-/m0/s1. The van der Waals surface area contributed by atoms with Gasteiger partial charge in [0.25, 0.3) is 0 Å². The second kappa shape index (κ2) is 5.79. The molecule has 0 aliphatic carbocycles. The molecular formula is C11H16N2O3S.